The first-order chi connectivity index (χ1) is 15.3. The van der Waals surface area contributed by atoms with Gasteiger partial charge in [-0.3, -0.25) is 9.63 Å². The number of carbonyl (C=O) groups excluding carboxylic acids is 2. The van der Waals surface area contributed by atoms with E-state index < -0.39 is 30.6 Å². The highest BCUT2D eigenvalue weighted by Gasteiger charge is 2.30. The van der Waals surface area contributed by atoms with Crippen molar-refractivity contribution in [1.29, 1.82) is 0 Å². The molecule has 0 fully saturated rings. The fraction of sp³-hybridized carbons (Fsp3) is 0.375. The lowest BCUT2D eigenvalue weighted by molar-refractivity contribution is -0.186. The normalized spacial score (nSPS) is 13.2. The summed E-state index contributed by atoms with van der Waals surface area (Å²) in [6.45, 7) is 3.31. The van der Waals surface area contributed by atoms with Gasteiger partial charge < -0.3 is 15.2 Å². The van der Waals surface area contributed by atoms with Crippen LogP contribution in [0, 0.1) is 5.92 Å². The summed E-state index contributed by atoms with van der Waals surface area (Å²) in [6.07, 6.45) is -0.648. The van der Waals surface area contributed by atoms with Gasteiger partial charge in [-0.15, -0.1) is 0 Å². The number of aliphatic carboxylic acids is 1. The molecule has 1 aliphatic carbocycles. The summed E-state index contributed by atoms with van der Waals surface area (Å²) in [5.74, 6) is -1.72. The van der Waals surface area contributed by atoms with Crippen LogP contribution in [0.25, 0.3) is 11.1 Å². The molecule has 0 aromatic heterocycles. The van der Waals surface area contributed by atoms with Gasteiger partial charge in [0.1, 0.15) is 6.61 Å². The van der Waals surface area contributed by atoms with Crippen LogP contribution in [-0.2, 0) is 19.2 Å². The summed E-state index contributed by atoms with van der Waals surface area (Å²) in [6, 6.07) is 15.7. The summed E-state index contributed by atoms with van der Waals surface area (Å²) in [5.41, 5.74) is 4.53. The monoisotopic (exact) mass is 440 g/mol. The second kappa shape index (κ2) is 10.3. The second-order valence-corrected chi connectivity index (χ2v) is 8.08. The van der Waals surface area contributed by atoms with Gasteiger partial charge in [0.15, 0.2) is 6.61 Å². The molecular weight excluding hydrogens is 412 g/mol. The molecule has 1 aliphatic rings. The standard InChI is InChI=1S/C24H28N2O6/c1-15(2)21(12-22(27)26(3)32-14-23(28)29)25-24(30)31-13-20-18-10-6-4-8-16(18)17-9-5-7-11-19(17)20/h4-11,15,20-21H,12-14H2,1-3H3,(H,25,30)(H,28,29). The Morgan fingerprint density at radius 1 is 1.03 bits per heavy atom. The Balaban J connectivity index is 1.59. The van der Waals surface area contributed by atoms with Crippen LogP contribution in [0.4, 0.5) is 4.79 Å². The number of carboxylic acids is 1. The lowest BCUT2D eigenvalue weighted by Crippen LogP contribution is -2.43. The Hall–Kier alpha value is -3.39. The van der Waals surface area contributed by atoms with Gasteiger partial charge in [0, 0.05) is 25.4 Å². The largest absolute Gasteiger partial charge is 0.479 e. The number of fused-ring (bicyclic) bond motifs is 3. The summed E-state index contributed by atoms with van der Waals surface area (Å²) < 4.78 is 5.56. The summed E-state index contributed by atoms with van der Waals surface area (Å²) in [5, 5.41) is 12.3. The number of rotatable bonds is 9. The van der Waals surface area contributed by atoms with Crippen LogP contribution in [0.2, 0.25) is 0 Å². The maximum atomic E-state index is 12.5. The molecule has 0 saturated heterocycles. The van der Waals surface area contributed by atoms with Crippen molar-refractivity contribution in [1.82, 2.24) is 10.4 Å². The number of hydrogen-bond donors (Lipinski definition) is 2. The average molecular weight is 440 g/mol. The molecule has 0 aliphatic heterocycles. The molecule has 2 aromatic rings. The molecule has 0 radical (unpaired) electrons. The fourth-order valence-corrected chi connectivity index (χ4v) is 3.79. The lowest BCUT2D eigenvalue weighted by Gasteiger charge is -2.24. The van der Waals surface area contributed by atoms with E-state index in [2.05, 4.69) is 17.4 Å². The Morgan fingerprint density at radius 2 is 1.59 bits per heavy atom. The van der Waals surface area contributed by atoms with E-state index in [9.17, 15) is 14.4 Å². The van der Waals surface area contributed by atoms with Crippen molar-refractivity contribution in [3.05, 3.63) is 59.7 Å². The predicted molar refractivity (Wildman–Crippen MR) is 118 cm³/mol. The van der Waals surface area contributed by atoms with Crippen molar-refractivity contribution in [2.24, 2.45) is 5.92 Å². The molecule has 32 heavy (non-hydrogen) atoms. The Labute approximate surface area is 187 Å². The zero-order chi connectivity index (χ0) is 23.3. The smallest absolute Gasteiger partial charge is 0.407 e. The molecule has 2 aromatic carbocycles. The topological polar surface area (TPSA) is 105 Å². The fourth-order valence-electron chi connectivity index (χ4n) is 3.79. The Kier molecular flexibility index (Phi) is 7.48. The van der Waals surface area contributed by atoms with Crippen LogP contribution in [0.5, 0.6) is 0 Å². The summed E-state index contributed by atoms with van der Waals surface area (Å²) in [4.78, 5) is 40.3. The molecule has 0 bridgehead atoms. The molecule has 8 heteroatoms. The van der Waals surface area contributed by atoms with Crippen LogP contribution in [0.1, 0.15) is 37.3 Å². The first-order valence-corrected chi connectivity index (χ1v) is 10.5. The number of amides is 2. The quantitative estimate of drug-likeness (QED) is 0.579. The molecule has 8 nitrogen and oxygen atoms in total. The third-order valence-corrected chi connectivity index (χ3v) is 5.58. The molecule has 170 valence electrons. The minimum absolute atomic E-state index is 0.0437. The van der Waals surface area contributed by atoms with Gasteiger partial charge in [0.25, 0.3) is 0 Å². The number of carboxylic acid groups (broad SMARTS) is 1. The number of carbonyl (C=O) groups is 3. The number of alkyl carbamates (subject to hydrolysis) is 1. The molecular formula is C24H28N2O6. The van der Waals surface area contributed by atoms with Crippen molar-refractivity contribution in [3.8, 4) is 11.1 Å². The van der Waals surface area contributed by atoms with Crippen LogP contribution in [-0.4, -0.2) is 54.4 Å². The number of ether oxygens (including phenoxy) is 1. The zero-order valence-electron chi connectivity index (χ0n) is 18.4. The lowest BCUT2D eigenvalue weighted by atomic mass is 9.98. The van der Waals surface area contributed by atoms with E-state index in [1.54, 1.807) is 0 Å². The van der Waals surface area contributed by atoms with E-state index in [4.69, 9.17) is 14.7 Å². The van der Waals surface area contributed by atoms with Crippen molar-refractivity contribution in [2.45, 2.75) is 32.2 Å². The third kappa shape index (κ3) is 5.45. The molecule has 0 saturated carbocycles. The highest BCUT2D eigenvalue weighted by atomic mass is 16.7. The maximum absolute atomic E-state index is 12.5. The zero-order valence-corrected chi connectivity index (χ0v) is 18.4. The average Bonchev–Trinajstić information content (AvgIpc) is 3.09. The van der Waals surface area contributed by atoms with Gasteiger partial charge in [0.05, 0.1) is 0 Å². The van der Waals surface area contributed by atoms with Gasteiger partial charge in [-0.1, -0.05) is 62.4 Å². The second-order valence-electron chi connectivity index (χ2n) is 8.08. The van der Waals surface area contributed by atoms with Crippen molar-refractivity contribution in [3.63, 3.8) is 0 Å². The first-order valence-electron chi connectivity index (χ1n) is 10.5. The highest BCUT2D eigenvalue weighted by Crippen LogP contribution is 2.44. The Morgan fingerprint density at radius 3 is 2.12 bits per heavy atom. The summed E-state index contributed by atoms with van der Waals surface area (Å²) >= 11 is 0. The Bertz CT molecular complexity index is 944. The number of nitrogens with one attached hydrogen (secondary N) is 1. The summed E-state index contributed by atoms with van der Waals surface area (Å²) in [7, 11) is 1.34. The van der Waals surface area contributed by atoms with Crippen molar-refractivity contribution < 1.29 is 29.1 Å². The van der Waals surface area contributed by atoms with Gasteiger partial charge in [-0.05, 0) is 28.2 Å². The molecule has 0 heterocycles. The maximum Gasteiger partial charge on any atom is 0.407 e. The van der Waals surface area contributed by atoms with Gasteiger partial charge in [0.2, 0.25) is 5.91 Å². The van der Waals surface area contributed by atoms with Gasteiger partial charge in [-0.25, -0.2) is 14.7 Å². The minimum Gasteiger partial charge on any atom is -0.479 e. The minimum atomic E-state index is -1.18. The highest BCUT2D eigenvalue weighted by molar-refractivity contribution is 5.79. The van der Waals surface area contributed by atoms with Crippen molar-refractivity contribution in [2.75, 3.05) is 20.3 Å². The first kappa shape index (κ1) is 23.3. The molecule has 2 amide bonds. The molecule has 2 N–H and O–H groups in total. The molecule has 0 spiro atoms. The molecule has 1 atom stereocenters. The van der Waals surface area contributed by atoms with Gasteiger partial charge in [-0.2, -0.15) is 0 Å². The van der Waals surface area contributed by atoms with E-state index in [1.807, 2.05) is 50.2 Å². The third-order valence-electron chi connectivity index (χ3n) is 5.58. The number of benzene rings is 2. The van der Waals surface area contributed by atoms with E-state index in [0.717, 1.165) is 27.3 Å². The number of nitrogens with zero attached hydrogens (tertiary/aromatic N) is 1. The van der Waals surface area contributed by atoms with Crippen LogP contribution in [0.15, 0.2) is 48.5 Å². The number of hydroxylamine groups is 2. The molecule has 3 rings (SSSR count). The van der Waals surface area contributed by atoms with E-state index in [-0.39, 0.29) is 24.9 Å². The van der Waals surface area contributed by atoms with E-state index >= 15 is 0 Å². The van der Waals surface area contributed by atoms with Crippen molar-refractivity contribution >= 4 is 18.0 Å². The van der Waals surface area contributed by atoms with Crippen LogP contribution < -0.4 is 5.32 Å². The molecule has 1 unspecified atom stereocenters. The van der Waals surface area contributed by atoms with Crippen LogP contribution >= 0.6 is 0 Å². The predicted octanol–water partition coefficient (Wildman–Crippen LogP) is 3.41. The van der Waals surface area contributed by atoms with E-state index in [1.165, 1.54) is 7.05 Å². The number of hydrogen-bond acceptors (Lipinski definition) is 5. The van der Waals surface area contributed by atoms with Gasteiger partial charge >= 0.3 is 12.1 Å². The SMILES string of the molecule is CC(C)C(CC(=O)N(C)OCC(=O)O)NC(=O)OCC1c2ccccc2-c2ccccc21. The van der Waals surface area contributed by atoms with Crippen LogP contribution in [0.3, 0.4) is 0 Å². The van der Waals surface area contributed by atoms with E-state index in [0.29, 0.717) is 0 Å².